The summed E-state index contributed by atoms with van der Waals surface area (Å²) in [5.41, 5.74) is 0. The van der Waals surface area contributed by atoms with Crippen molar-refractivity contribution in [2.45, 2.75) is 13.3 Å². The van der Waals surface area contributed by atoms with Crippen molar-refractivity contribution in [3.05, 3.63) is 0 Å². The summed E-state index contributed by atoms with van der Waals surface area (Å²) in [6.07, 6.45) is 2.50. The summed E-state index contributed by atoms with van der Waals surface area (Å²) in [5, 5.41) is 7.71. The van der Waals surface area contributed by atoms with Crippen LogP contribution < -0.4 is 0 Å². The molecule has 6 heavy (non-hydrogen) atoms. The van der Waals surface area contributed by atoms with Gasteiger partial charge in [-0.25, -0.2) is 0 Å². The van der Waals surface area contributed by atoms with Gasteiger partial charge in [-0.3, -0.25) is 0 Å². The van der Waals surface area contributed by atoms with Crippen LogP contribution in [0.25, 0.3) is 0 Å². The van der Waals surface area contributed by atoms with Crippen LogP contribution in [0.15, 0.2) is 0 Å². The van der Waals surface area contributed by atoms with Crippen molar-refractivity contribution >= 4 is 12.4 Å². The third-order valence-electron chi connectivity index (χ3n) is 0.256. The van der Waals surface area contributed by atoms with Crippen molar-refractivity contribution < 1.29 is 5.11 Å². The third kappa shape index (κ3) is 9.41. The Kier molecular flexibility index (Phi) is 13.5. The molecule has 0 aromatic heterocycles. The van der Waals surface area contributed by atoms with Crippen molar-refractivity contribution in [1.29, 1.82) is 0 Å². The molecule has 2 heteroatoms. The fraction of sp³-hybridized carbons (Fsp3) is 0.500. The first kappa shape index (κ1) is 9.17. The van der Waals surface area contributed by atoms with Crippen LogP contribution in [0.1, 0.15) is 13.3 Å². The second kappa shape index (κ2) is 8.82. The average Bonchev–Trinajstić information content (AvgIpc) is 1.41. The molecule has 0 atom stereocenters. The Morgan fingerprint density at radius 2 is 2.17 bits per heavy atom. The van der Waals surface area contributed by atoms with Gasteiger partial charge in [0.15, 0.2) is 0 Å². The maximum atomic E-state index is 7.71. The predicted octanol–water partition coefficient (Wildman–Crippen LogP) is 1.15. The molecule has 1 nitrogen and oxygen atoms in total. The average molecular weight is 107 g/mol. The highest BCUT2D eigenvalue weighted by Gasteiger charge is 1.50. The Hall–Kier alpha value is -0.350. The van der Waals surface area contributed by atoms with Crippen LogP contribution in [0, 0.1) is 12.0 Å². The summed E-state index contributed by atoms with van der Waals surface area (Å²) in [4.78, 5) is 0. The molecule has 0 fully saturated rings. The van der Waals surface area contributed by atoms with Gasteiger partial charge >= 0.3 is 0 Å². The molecule has 0 rings (SSSR count). The Morgan fingerprint density at radius 1 is 1.67 bits per heavy atom. The van der Waals surface area contributed by atoms with Crippen LogP contribution >= 0.6 is 12.4 Å². The first-order valence-corrected chi connectivity index (χ1v) is 1.53. The lowest BCUT2D eigenvalue weighted by Gasteiger charge is -1.57. The molecule has 0 saturated carbocycles. The second-order valence-corrected chi connectivity index (χ2v) is 0.642. The molecule has 0 spiro atoms. The summed E-state index contributed by atoms with van der Waals surface area (Å²) in [5.74, 6) is 2.42. The van der Waals surface area contributed by atoms with E-state index < -0.39 is 0 Å². The molecule has 36 valence electrons. The lowest BCUT2D eigenvalue weighted by molar-refractivity contribution is 0.516. The van der Waals surface area contributed by atoms with Crippen molar-refractivity contribution in [2.75, 3.05) is 0 Å². The van der Waals surface area contributed by atoms with Crippen molar-refractivity contribution in [2.24, 2.45) is 0 Å². The van der Waals surface area contributed by atoms with Crippen LogP contribution in [-0.4, -0.2) is 5.11 Å². The van der Waals surface area contributed by atoms with E-state index in [0.29, 0.717) is 0 Å². The van der Waals surface area contributed by atoms with E-state index in [4.69, 9.17) is 5.11 Å². The van der Waals surface area contributed by atoms with E-state index in [1.165, 1.54) is 0 Å². The Balaban J connectivity index is 0. The second-order valence-electron chi connectivity index (χ2n) is 0.642. The molecule has 0 radical (unpaired) electrons. The highest BCUT2D eigenvalue weighted by atomic mass is 35.5. The highest BCUT2D eigenvalue weighted by molar-refractivity contribution is 5.85. The standard InChI is InChI=1S/C4H6O.ClH/c1-2-3-4-5;/h5H,2H2,1H3;1H. The van der Waals surface area contributed by atoms with Crippen molar-refractivity contribution in [3.63, 3.8) is 0 Å². The van der Waals surface area contributed by atoms with Gasteiger partial charge in [0.2, 0.25) is 0 Å². The first-order chi connectivity index (χ1) is 2.41. The fourth-order valence-electron chi connectivity index (χ4n) is 0.0791. The van der Waals surface area contributed by atoms with E-state index in [9.17, 15) is 0 Å². The number of hydrogen-bond donors (Lipinski definition) is 1. The van der Waals surface area contributed by atoms with Gasteiger partial charge in [0, 0.05) is 6.42 Å². The van der Waals surface area contributed by atoms with Crippen molar-refractivity contribution in [3.8, 4) is 12.0 Å². The third-order valence-corrected chi connectivity index (χ3v) is 0.256. The molecule has 0 aromatic rings. The minimum Gasteiger partial charge on any atom is -0.462 e. The van der Waals surface area contributed by atoms with Gasteiger partial charge in [0.25, 0.3) is 0 Å². The van der Waals surface area contributed by atoms with Crippen LogP contribution in [0.4, 0.5) is 0 Å². The molecule has 0 aliphatic rings. The molecule has 0 heterocycles. The predicted molar refractivity (Wildman–Crippen MR) is 27.3 cm³/mol. The quantitative estimate of drug-likeness (QED) is 0.460. The van der Waals surface area contributed by atoms with Gasteiger partial charge in [-0.2, -0.15) is 0 Å². The monoisotopic (exact) mass is 106 g/mol. The molecule has 0 aromatic carbocycles. The van der Waals surface area contributed by atoms with E-state index in [-0.39, 0.29) is 12.4 Å². The molecule has 0 saturated heterocycles. The largest absolute Gasteiger partial charge is 0.462 e. The highest BCUT2D eigenvalue weighted by Crippen LogP contribution is 1.61. The van der Waals surface area contributed by atoms with Crippen LogP contribution in [0.3, 0.4) is 0 Å². The molecule has 0 aliphatic heterocycles. The minimum absolute atomic E-state index is 0. The zero-order chi connectivity index (χ0) is 4.12. The fourth-order valence-corrected chi connectivity index (χ4v) is 0.0791. The maximum absolute atomic E-state index is 7.71. The summed E-state index contributed by atoms with van der Waals surface area (Å²) >= 11 is 0. The van der Waals surface area contributed by atoms with Crippen LogP contribution in [-0.2, 0) is 0 Å². The summed E-state index contributed by atoms with van der Waals surface area (Å²) in [6, 6.07) is 0. The summed E-state index contributed by atoms with van der Waals surface area (Å²) in [6.45, 7) is 1.88. The summed E-state index contributed by atoms with van der Waals surface area (Å²) < 4.78 is 0. The topological polar surface area (TPSA) is 20.2 Å². The van der Waals surface area contributed by atoms with E-state index >= 15 is 0 Å². The van der Waals surface area contributed by atoms with Gasteiger partial charge in [-0.1, -0.05) is 12.8 Å². The normalized spacial score (nSPS) is 4.17. The van der Waals surface area contributed by atoms with Crippen molar-refractivity contribution in [1.82, 2.24) is 0 Å². The first-order valence-electron chi connectivity index (χ1n) is 1.53. The molecule has 1 N–H and O–H groups in total. The van der Waals surface area contributed by atoms with Gasteiger partial charge in [-0.15, -0.1) is 12.4 Å². The van der Waals surface area contributed by atoms with E-state index in [1.54, 1.807) is 6.11 Å². The Labute approximate surface area is 43.8 Å². The van der Waals surface area contributed by atoms with E-state index in [2.05, 4.69) is 5.92 Å². The van der Waals surface area contributed by atoms with Crippen LogP contribution in [0.5, 0.6) is 0 Å². The lowest BCUT2D eigenvalue weighted by Crippen LogP contribution is -1.49. The molecular weight excluding hydrogens is 99.5 g/mol. The van der Waals surface area contributed by atoms with Gasteiger partial charge < -0.3 is 5.11 Å². The number of rotatable bonds is 0. The number of halogens is 1. The lowest BCUT2D eigenvalue weighted by atomic mass is 10.5. The molecule has 0 bridgehead atoms. The van der Waals surface area contributed by atoms with Gasteiger partial charge in [-0.05, 0) is 0 Å². The Bertz CT molecular complexity index is 59.7. The molecule has 0 unspecified atom stereocenters. The van der Waals surface area contributed by atoms with Crippen LogP contribution in [0.2, 0.25) is 0 Å². The van der Waals surface area contributed by atoms with E-state index in [0.717, 1.165) is 6.42 Å². The smallest absolute Gasteiger partial charge is 0.107 e. The Morgan fingerprint density at radius 3 is 2.17 bits per heavy atom. The molecule has 0 aliphatic carbocycles. The summed E-state index contributed by atoms with van der Waals surface area (Å²) in [7, 11) is 0. The molecule has 0 amide bonds. The van der Waals surface area contributed by atoms with E-state index in [1.807, 2.05) is 6.92 Å². The van der Waals surface area contributed by atoms with Gasteiger partial charge in [0.1, 0.15) is 6.11 Å². The zero-order valence-electron chi connectivity index (χ0n) is 3.56. The SMILES string of the molecule is CCC#CO.Cl. The number of aliphatic hydroxyl groups excluding tert-OH is 1. The zero-order valence-corrected chi connectivity index (χ0v) is 4.38. The maximum Gasteiger partial charge on any atom is 0.107 e. The molecular formula is C4H7ClO. The minimum atomic E-state index is 0. The number of hydrogen-bond acceptors (Lipinski definition) is 1. The number of aliphatic hydroxyl groups is 1. The van der Waals surface area contributed by atoms with Gasteiger partial charge in [0.05, 0.1) is 0 Å².